The quantitative estimate of drug-likeness (QED) is 0.613. The van der Waals surface area contributed by atoms with Crippen LogP contribution in [0.15, 0.2) is 29.3 Å². The zero-order valence-corrected chi connectivity index (χ0v) is 13.6. The van der Waals surface area contributed by atoms with Crippen molar-refractivity contribution in [3.63, 3.8) is 0 Å². The molecule has 1 atom stereocenters. The molecule has 0 aromatic heterocycles. The number of benzene rings is 1. The van der Waals surface area contributed by atoms with Crippen molar-refractivity contribution < 1.29 is 13.2 Å². The molecule has 8 heteroatoms. The van der Waals surface area contributed by atoms with E-state index in [0.717, 1.165) is 17.9 Å². The fourth-order valence-corrected chi connectivity index (χ4v) is 3.26. The van der Waals surface area contributed by atoms with Crippen LogP contribution in [0.4, 0.5) is 5.69 Å². The largest absolute Gasteiger partial charge is 0.497 e. The van der Waals surface area contributed by atoms with Crippen molar-refractivity contribution in [3.05, 3.63) is 24.3 Å². The molecule has 0 bridgehead atoms. The predicted octanol–water partition coefficient (Wildman–Crippen LogP) is 0.703. The Hall–Kier alpha value is -1.80. The normalized spacial score (nSPS) is 20.1. The lowest BCUT2D eigenvalue weighted by Gasteiger charge is -2.12. The second-order valence-electron chi connectivity index (χ2n) is 5.36. The Morgan fingerprint density at radius 1 is 1.45 bits per heavy atom. The number of sulfonamides is 1. The van der Waals surface area contributed by atoms with Crippen LogP contribution >= 0.6 is 0 Å². The molecule has 0 amide bonds. The van der Waals surface area contributed by atoms with E-state index >= 15 is 0 Å². The summed E-state index contributed by atoms with van der Waals surface area (Å²) in [6, 6.07) is 7.36. The summed E-state index contributed by atoms with van der Waals surface area (Å²) in [5.41, 5.74) is 6.68. The highest BCUT2D eigenvalue weighted by atomic mass is 32.2. The highest BCUT2D eigenvalue weighted by Crippen LogP contribution is 2.19. The molecule has 22 heavy (non-hydrogen) atoms. The first-order chi connectivity index (χ1) is 10.4. The molecule has 1 saturated heterocycles. The first-order valence-electron chi connectivity index (χ1n) is 7.04. The molecule has 1 aliphatic rings. The van der Waals surface area contributed by atoms with Crippen LogP contribution in [0, 0.1) is 5.92 Å². The Kier molecular flexibility index (Phi) is 5.25. The molecular formula is C14H22N4O3S. The Balaban J connectivity index is 1.85. The number of nitrogens with two attached hydrogens (primary N) is 1. The molecule has 1 aliphatic heterocycles. The van der Waals surface area contributed by atoms with Crippen LogP contribution in [0.25, 0.3) is 0 Å². The Morgan fingerprint density at radius 2 is 2.14 bits per heavy atom. The molecule has 122 valence electrons. The van der Waals surface area contributed by atoms with Crippen molar-refractivity contribution in [2.75, 3.05) is 38.3 Å². The van der Waals surface area contributed by atoms with Gasteiger partial charge < -0.3 is 15.8 Å². The fraction of sp³-hybridized carbons (Fsp3) is 0.500. The number of hydrogen-bond acceptors (Lipinski definition) is 4. The zero-order chi connectivity index (χ0) is 16.2. The summed E-state index contributed by atoms with van der Waals surface area (Å²) >= 11 is 0. The van der Waals surface area contributed by atoms with Crippen LogP contribution < -0.4 is 15.8 Å². The number of hydrogen-bond donors (Lipinski definition) is 2. The van der Waals surface area contributed by atoms with E-state index in [2.05, 4.69) is 10.3 Å². The second-order valence-corrected chi connectivity index (χ2v) is 7.34. The minimum Gasteiger partial charge on any atom is -0.497 e. The van der Waals surface area contributed by atoms with Crippen molar-refractivity contribution in [3.8, 4) is 5.75 Å². The number of anilines is 1. The molecule has 1 aromatic carbocycles. The number of guanidine groups is 1. The molecule has 1 fully saturated rings. The maximum absolute atomic E-state index is 11.5. The van der Waals surface area contributed by atoms with Crippen molar-refractivity contribution in [1.82, 2.24) is 4.31 Å². The van der Waals surface area contributed by atoms with Crippen LogP contribution in [-0.4, -0.2) is 51.7 Å². The topological polar surface area (TPSA) is 97.0 Å². The number of ether oxygens (including phenoxy) is 1. The van der Waals surface area contributed by atoms with Crippen molar-refractivity contribution in [2.45, 2.75) is 6.42 Å². The van der Waals surface area contributed by atoms with Gasteiger partial charge in [-0.2, -0.15) is 0 Å². The molecule has 2 rings (SSSR count). The van der Waals surface area contributed by atoms with E-state index in [1.54, 1.807) is 7.11 Å². The lowest BCUT2D eigenvalue weighted by Crippen LogP contribution is -2.28. The van der Waals surface area contributed by atoms with Gasteiger partial charge in [0.25, 0.3) is 0 Å². The Labute approximate surface area is 131 Å². The first-order valence-corrected chi connectivity index (χ1v) is 8.89. The summed E-state index contributed by atoms with van der Waals surface area (Å²) in [7, 11) is -1.49. The van der Waals surface area contributed by atoms with Crippen LogP contribution in [0.1, 0.15) is 6.42 Å². The minimum atomic E-state index is -3.10. The summed E-state index contributed by atoms with van der Waals surface area (Å²) in [4.78, 5) is 4.29. The molecule has 0 spiro atoms. The van der Waals surface area contributed by atoms with Gasteiger partial charge in [0.05, 0.1) is 13.4 Å². The molecule has 0 aliphatic carbocycles. The average Bonchev–Trinajstić information content (AvgIpc) is 2.95. The van der Waals surface area contributed by atoms with E-state index < -0.39 is 10.0 Å². The van der Waals surface area contributed by atoms with E-state index in [1.807, 2.05) is 24.3 Å². The Morgan fingerprint density at radius 3 is 2.68 bits per heavy atom. The van der Waals surface area contributed by atoms with E-state index in [4.69, 9.17) is 10.5 Å². The van der Waals surface area contributed by atoms with Gasteiger partial charge in [-0.15, -0.1) is 0 Å². The molecule has 1 heterocycles. The molecule has 1 unspecified atom stereocenters. The highest BCUT2D eigenvalue weighted by Gasteiger charge is 2.28. The third-order valence-corrected chi connectivity index (χ3v) is 4.87. The summed E-state index contributed by atoms with van der Waals surface area (Å²) in [5.74, 6) is 1.31. The molecule has 1 aromatic rings. The SMILES string of the molecule is COc1ccc(NC(N)=NCC2CCN(S(C)(=O)=O)C2)cc1. The van der Waals surface area contributed by atoms with Crippen molar-refractivity contribution >= 4 is 21.7 Å². The smallest absolute Gasteiger partial charge is 0.211 e. The van der Waals surface area contributed by atoms with Gasteiger partial charge in [0.15, 0.2) is 5.96 Å². The van der Waals surface area contributed by atoms with Gasteiger partial charge in [-0.3, -0.25) is 4.99 Å². The van der Waals surface area contributed by atoms with E-state index in [1.165, 1.54) is 10.6 Å². The predicted molar refractivity (Wildman–Crippen MR) is 87.6 cm³/mol. The van der Waals surface area contributed by atoms with Crippen molar-refractivity contribution in [2.24, 2.45) is 16.6 Å². The van der Waals surface area contributed by atoms with Gasteiger partial charge in [-0.1, -0.05) is 0 Å². The number of rotatable bonds is 5. The van der Waals surface area contributed by atoms with Crippen LogP contribution in [-0.2, 0) is 10.0 Å². The van der Waals surface area contributed by atoms with Gasteiger partial charge in [-0.05, 0) is 36.6 Å². The molecule has 7 nitrogen and oxygen atoms in total. The van der Waals surface area contributed by atoms with E-state index in [9.17, 15) is 8.42 Å². The summed E-state index contributed by atoms with van der Waals surface area (Å²) in [6.45, 7) is 1.59. The summed E-state index contributed by atoms with van der Waals surface area (Å²) in [6.07, 6.45) is 2.05. The third kappa shape index (κ3) is 4.60. The fourth-order valence-electron chi connectivity index (χ4n) is 2.34. The number of nitrogens with zero attached hydrogens (tertiary/aromatic N) is 2. The maximum Gasteiger partial charge on any atom is 0.211 e. The van der Waals surface area contributed by atoms with Gasteiger partial charge in [-0.25, -0.2) is 12.7 Å². The third-order valence-electron chi connectivity index (χ3n) is 3.60. The average molecular weight is 326 g/mol. The molecular weight excluding hydrogens is 304 g/mol. The van der Waals surface area contributed by atoms with E-state index in [-0.39, 0.29) is 5.92 Å². The van der Waals surface area contributed by atoms with Crippen LogP contribution in [0.3, 0.4) is 0 Å². The van der Waals surface area contributed by atoms with Gasteiger partial charge in [0.2, 0.25) is 10.0 Å². The lowest BCUT2D eigenvalue weighted by atomic mass is 10.1. The number of aliphatic imine (C=N–C) groups is 1. The maximum atomic E-state index is 11.5. The number of methoxy groups -OCH3 is 1. The zero-order valence-electron chi connectivity index (χ0n) is 12.8. The van der Waals surface area contributed by atoms with Crippen LogP contribution in [0.5, 0.6) is 5.75 Å². The second kappa shape index (κ2) is 6.97. The van der Waals surface area contributed by atoms with Crippen molar-refractivity contribution in [1.29, 1.82) is 0 Å². The standard InChI is InChI=1S/C14H22N4O3S/c1-21-13-5-3-12(4-6-13)17-14(15)16-9-11-7-8-18(10-11)22(2,19)20/h3-6,11H,7-10H2,1-2H3,(H3,15,16,17). The monoisotopic (exact) mass is 326 g/mol. The summed E-state index contributed by atoms with van der Waals surface area (Å²) < 4.78 is 29.5. The van der Waals surface area contributed by atoms with Gasteiger partial charge in [0, 0.05) is 25.3 Å². The van der Waals surface area contributed by atoms with Gasteiger partial charge >= 0.3 is 0 Å². The van der Waals surface area contributed by atoms with E-state index in [0.29, 0.717) is 25.6 Å². The Bertz CT molecular complexity index is 628. The minimum absolute atomic E-state index is 0.214. The molecule has 3 N–H and O–H groups in total. The number of nitrogens with one attached hydrogen (secondary N) is 1. The first kappa shape index (κ1) is 16.6. The molecule has 0 radical (unpaired) electrons. The van der Waals surface area contributed by atoms with Gasteiger partial charge in [0.1, 0.15) is 5.75 Å². The van der Waals surface area contributed by atoms with Crippen LogP contribution in [0.2, 0.25) is 0 Å². The lowest BCUT2D eigenvalue weighted by molar-refractivity contribution is 0.415. The molecule has 0 saturated carbocycles. The summed E-state index contributed by atoms with van der Waals surface area (Å²) in [5, 5.41) is 3.00. The highest BCUT2D eigenvalue weighted by molar-refractivity contribution is 7.88.